The van der Waals surface area contributed by atoms with Gasteiger partial charge in [-0.25, -0.2) is 9.18 Å². The molecule has 16 heavy (non-hydrogen) atoms. The molecule has 0 unspecified atom stereocenters. The van der Waals surface area contributed by atoms with E-state index < -0.39 is 12.0 Å². The molecule has 0 saturated heterocycles. The van der Waals surface area contributed by atoms with Crippen LogP contribution in [0.15, 0.2) is 24.3 Å². The van der Waals surface area contributed by atoms with Crippen molar-refractivity contribution in [3.8, 4) is 0 Å². The number of hydrogen-bond donors (Lipinski definition) is 1. The highest BCUT2D eigenvalue weighted by atomic mass is 19.1. The Balaban J connectivity index is 2.96. The van der Waals surface area contributed by atoms with Gasteiger partial charge in [0.2, 0.25) is 0 Å². The molecule has 1 aromatic rings. The number of aliphatic carboxylic acids is 1. The number of likely N-dealkylation sites (N-methyl/N-ethyl adjacent to an activating group) is 1. The van der Waals surface area contributed by atoms with E-state index in [1.54, 1.807) is 17.0 Å². The highest BCUT2D eigenvalue weighted by molar-refractivity contribution is 5.78. The Hall–Kier alpha value is -1.58. The lowest BCUT2D eigenvalue weighted by atomic mass is 10.1. The molecule has 0 radical (unpaired) electrons. The standard InChI is InChI=1S/C12H16FNO2/c1-3-11(12(15)16)14(4-2)10-7-5-9(13)6-8-10/h5-8,11H,3-4H2,1-2H3,(H,15,16)/t11-/m0/s1. The molecule has 1 atom stereocenters. The first-order valence-electron chi connectivity index (χ1n) is 5.35. The van der Waals surface area contributed by atoms with Gasteiger partial charge in [-0.2, -0.15) is 0 Å². The van der Waals surface area contributed by atoms with Gasteiger partial charge in [0, 0.05) is 12.2 Å². The lowest BCUT2D eigenvalue weighted by molar-refractivity contribution is -0.138. The zero-order valence-corrected chi connectivity index (χ0v) is 9.48. The molecule has 0 aliphatic carbocycles. The van der Waals surface area contributed by atoms with Crippen LogP contribution in [0.4, 0.5) is 10.1 Å². The number of carbonyl (C=O) groups is 1. The van der Waals surface area contributed by atoms with Crippen molar-refractivity contribution in [2.75, 3.05) is 11.4 Å². The lowest BCUT2D eigenvalue weighted by Gasteiger charge is -2.29. The van der Waals surface area contributed by atoms with E-state index in [2.05, 4.69) is 0 Å². The molecular formula is C12H16FNO2. The molecule has 0 bridgehead atoms. The number of anilines is 1. The van der Waals surface area contributed by atoms with Gasteiger partial charge >= 0.3 is 5.97 Å². The van der Waals surface area contributed by atoms with Gasteiger partial charge in [-0.05, 0) is 37.6 Å². The zero-order chi connectivity index (χ0) is 12.1. The highest BCUT2D eigenvalue weighted by Gasteiger charge is 2.22. The summed E-state index contributed by atoms with van der Waals surface area (Å²) in [4.78, 5) is 12.8. The van der Waals surface area contributed by atoms with E-state index in [0.717, 1.165) is 5.69 Å². The van der Waals surface area contributed by atoms with Crippen LogP contribution in [0.25, 0.3) is 0 Å². The summed E-state index contributed by atoms with van der Waals surface area (Å²) in [6.45, 7) is 4.29. The number of benzene rings is 1. The SMILES string of the molecule is CC[C@@H](C(=O)O)N(CC)c1ccc(F)cc1. The molecule has 1 N–H and O–H groups in total. The van der Waals surface area contributed by atoms with Gasteiger partial charge < -0.3 is 10.0 Å². The van der Waals surface area contributed by atoms with Crippen molar-refractivity contribution < 1.29 is 14.3 Å². The van der Waals surface area contributed by atoms with Crippen molar-refractivity contribution in [2.24, 2.45) is 0 Å². The molecule has 88 valence electrons. The smallest absolute Gasteiger partial charge is 0.326 e. The zero-order valence-electron chi connectivity index (χ0n) is 9.48. The largest absolute Gasteiger partial charge is 0.480 e. The number of carboxylic acid groups (broad SMARTS) is 1. The van der Waals surface area contributed by atoms with E-state index >= 15 is 0 Å². The molecular weight excluding hydrogens is 209 g/mol. The summed E-state index contributed by atoms with van der Waals surface area (Å²) in [7, 11) is 0. The molecule has 0 aliphatic rings. The van der Waals surface area contributed by atoms with Crippen molar-refractivity contribution in [3.63, 3.8) is 0 Å². The minimum atomic E-state index is -0.853. The Bertz CT molecular complexity index is 351. The fourth-order valence-electron chi connectivity index (χ4n) is 1.74. The summed E-state index contributed by atoms with van der Waals surface area (Å²) in [5.41, 5.74) is 0.734. The van der Waals surface area contributed by atoms with Crippen LogP contribution in [0.2, 0.25) is 0 Å². The van der Waals surface area contributed by atoms with Gasteiger partial charge in [-0.3, -0.25) is 0 Å². The van der Waals surface area contributed by atoms with Crippen molar-refractivity contribution >= 4 is 11.7 Å². The average Bonchev–Trinajstić information content (AvgIpc) is 2.26. The van der Waals surface area contributed by atoms with Crippen LogP contribution in [0.1, 0.15) is 20.3 Å². The molecule has 0 fully saturated rings. The molecule has 3 nitrogen and oxygen atoms in total. The first kappa shape index (κ1) is 12.5. The molecule has 1 aromatic carbocycles. The molecule has 0 spiro atoms. The second-order valence-electron chi connectivity index (χ2n) is 3.52. The molecule has 0 aromatic heterocycles. The van der Waals surface area contributed by atoms with Crippen LogP contribution >= 0.6 is 0 Å². The van der Waals surface area contributed by atoms with Gasteiger partial charge in [0.25, 0.3) is 0 Å². The molecule has 4 heteroatoms. The summed E-state index contributed by atoms with van der Waals surface area (Å²) < 4.78 is 12.8. The second-order valence-corrected chi connectivity index (χ2v) is 3.52. The van der Waals surface area contributed by atoms with Crippen LogP contribution in [-0.4, -0.2) is 23.7 Å². The minimum Gasteiger partial charge on any atom is -0.480 e. The van der Waals surface area contributed by atoms with Crippen LogP contribution in [0.3, 0.4) is 0 Å². The van der Waals surface area contributed by atoms with E-state index in [1.807, 2.05) is 13.8 Å². The van der Waals surface area contributed by atoms with Gasteiger partial charge in [0.1, 0.15) is 11.9 Å². The van der Waals surface area contributed by atoms with E-state index in [4.69, 9.17) is 5.11 Å². The molecule has 0 heterocycles. The molecule has 0 aliphatic heterocycles. The van der Waals surface area contributed by atoms with Crippen LogP contribution in [0, 0.1) is 5.82 Å². The van der Waals surface area contributed by atoms with Crippen molar-refractivity contribution in [2.45, 2.75) is 26.3 Å². The third-order valence-corrected chi connectivity index (χ3v) is 2.55. The Morgan fingerprint density at radius 1 is 1.38 bits per heavy atom. The minimum absolute atomic E-state index is 0.317. The number of hydrogen-bond acceptors (Lipinski definition) is 2. The second kappa shape index (κ2) is 5.49. The van der Waals surface area contributed by atoms with Crippen molar-refractivity contribution in [3.05, 3.63) is 30.1 Å². The highest BCUT2D eigenvalue weighted by Crippen LogP contribution is 2.19. The predicted molar refractivity (Wildman–Crippen MR) is 61.1 cm³/mol. The van der Waals surface area contributed by atoms with E-state index in [9.17, 15) is 9.18 Å². The normalized spacial score (nSPS) is 12.2. The number of rotatable bonds is 5. The van der Waals surface area contributed by atoms with Gasteiger partial charge in [0.15, 0.2) is 0 Å². The van der Waals surface area contributed by atoms with Crippen LogP contribution < -0.4 is 4.90 Å². The number of nitrogens with zero attached hydrogens (tertiary/aromatic N) is 1. The molecule has 0 amide bonds. The Morgan fingerprint density at radius 2 is 1.94 bits per heavy atom. The number of carboxylic acids is 1. The van der Waals surface area contributed by atoms with Crippen LogP contribution in [-0.2, 0) is 4.79 Å². The fraction of sp³-hybridized carbons (Fsp3) is 0.417. The van der Waals surface area contributed by atoms with Crippen molar-refractivity contribution in [1.82, 2.24) is 0 Å². The third kappa shape index (κ3) is 2.72. The Morgan fingerprint density at radius 3 is 2.31 bits per heavy atom. The molecule has 1 rings (SSSR count). The van der Waals surface area contributed by atoms with Crippen LogP contribution in [0.5, 0.6) is 0 Å². The van der Waals surface area contributed by atoms with E-state index in [-0.39, 0.29) is 5.82 Å². The topological polar surface area (TPSA) is 40.5 Å². The quantitative estimate of drug-likeness (QED) is 0.837. The summed E-state index contributed by atoms with van der Waals surface area (Å²) >= 11 is 0. The maximum Gasteiger partial charge on any atom is 0.326 e. The first-order chi connectivity index (χ1) is 7.60. The first-order valence-corrected chi connectivity index (χ1v) is 5.35. The summed E-state index contributed by atoms with van der Waals surface area (Å²) in [6, 6.07) is 5.32. The summed E-state index contributed by atoms with van der Waals surface area (Å²) in [6.07, 6.45) is 0.514. The summed E-state index contributed by atoms with van der Waals surface area (Å²) in [5.74, 6) is -1.17. The van der Waals surface area contributed by atoms with Crippen molar-refractivity contribution in [1.29, 1.82) is 0 Å². The predicted octanol–water partition coefficient (Wildman–Crippen LogP) is 2.52. The monoisotopic (exact) mass is 225 g/mol. The Labute approximate surface area is 94.5 Å². The van der Waals surface area contributed by atoms with Gasteiger partial charge in [0.05, 0.1) is 0 Å². The Kier molecular flexibility index (Phi) is 4.28. The summed E-state index contributed by atoms with van der Waals surface area (Å²) in [5, 5.41) is 9.07. The van der Waals surface area contributed by atoms with Gasteiger partial charge in [-0.1, -0.05) is 6.92 Å². The van der Waals surface area contributed by atoms with E-state index in [0.29, 0.717) is 13.0 Å². The average molecular weight is 225 g/mol. The molecule has 0 saturated carbocycles. The lowest BCUT2D eigenvalue weighted by Crippen LogP contribution is -2.40. The van der Waals surface area contributed by atoms with Gasteiger partial charge in [-0.15, -0.1) is 0 Å². The maximum absolute atomic E-state index is 12.8. The van der Waals surface area contributed by atoms with E-state index in [1.165, 1.54) is 12.1 Å². The maximum atomic E-state index is 12.8. The number of halogens is 1. The third-order valence-electron chi connectivity index (χ3n) is 2.55. The fourth-order valence-corrected chi connectivity index (χ4v) is 1.74.